The van der Waals surface area contributed by atoms with Crippen LogP contribution in [0.15, 0.2) is 24.3 Å². The third-order valence-corrected chi connectivity index (χ3v) is 3.01. The van der Waals surface area contributed by atoms with Crippen molar-refractivity contribution < 1.29 is 13.9 Å². The Kier molecular flexibility index (Phi) is 2.98. The van der Waals surface area contributed by atoms with Gasteiger partial charge in [-0.25, -0.2) is 8.78 Å². The first kappa shape index (κ1) is 11.8. The molecule has 0 atom stereocenters. The number of aliphatic hydroxyl groups excluding tert-OH is 1. The van der Waals surface area contributed by atoms with Crippen molar-refractivity contribution >= 4 is 0 Å². The summed E-state index contributed by atoms with van der Waals surface area (Å²) in [5, 5.41) is 9.15. The van der Waals surface area contributed by atoms with Gasteiger partial charge in [0.25, 0.3) is 0 Å². The lowest BCUT2D eigenvalue weighted by molar-refractivity contribution is 0.281. The smallest absolute Gasteiger partial charge is 0.132 e. The lowest BCUT2D eigenvalue weighted by Gasteiger charge is -2.06. The number of rotatable bonds is 2. The molecule has 0 aliphatic heterocycles. The van der Waals surface area contributed by atoms with Crippen LogP contribution in [-0.2, 0) is 13.7 Å². The highest BCUT2D eigenvalue weighted by atomic mass is 19.1. The highest BCUT2D eigenvalue weighted by Gasteiger charge is 2.14. The number of aliphatic hydroxyl groups is 1. The molecule has 2 nitrogen and oxygen atoms in total. The second-order valence-corrected chi connectivity index (χ2v) is 3.98. The molecule has 0 aliphatic carbocycles. The number of halogens is 2. The van der Waals surface area contributed by atoms with Crippen LogP contribution in [0.4, 0.5) is 8.78 Å². The van der Waals surface area contributed by atoms with Gasteiger partial charge in [-0.1, -0.05) is 0 Å². The summed E-state index contributed by atoms with van der Waals surface area (Å²) in [5.74, 6) is -0.956. The second kappa shape index (κ2) is 4.30. The van der Waals surface area contributed by atoms with Gasteiger partial charge in [0.05, 0.1) is 12.3 Å². The summed E-state index contributed by atoms with van der Waals surface area (Å²) in [7, 11) is 1.76. The minimum atomic E-state index is -0.481. The Balaban J connectivity index is 2.64. The zero-order valence-electron chi connectivity index (χ0n) is 9.67. The zero-order valence-corrected chi connectivity index (χ0v) is 9.67. The number of benzene rings is 1. The van der Waals surface area contributed by atoms with Gasteiger partial charge in [0, 0.05) is 18.3 Å². The number of hydrogen-bond acceptors (Lipinski definition) is 1. The van der Waals surface area contributed by atoms with E-state index in [1.165, 1.54) is 0 Å². The summed E-state index contributed by atoms with van der Waals surface area (Å²) in [6.07, 6.45) is 0. The molecule has 0 unspecified atom stereocenters. The largest absolute Gasteiger partial charge is 0.392 e. The van der Waals surface area contributed by atoms with Gasteiger partial charge in [0.1, 0.15) is 11.6 Å². The molecule has 90 valence electrons. The van der Waals surface area contributed by atoms with E-state index in [-0.39, 0.29) is 12.2 Å². The van der Waals surface area contributed by atoms with Crippen LogP contribution in [0, 0.1) is 18.6 Å². The SMILES string of the molecule is Cc1c(CO)cc(-c2cc(F)ccc2F)n1C. The minimum absolute atomic E-state index is 0.114. The molecule has 0 amide bonds. The van der Waals surface area contributed by atoms with Crippen molar-refractivity contribution in [3.05, 3.63) is 47.2 Å². The molecule has 0 radical (unpaired) electrons. The molecule has 1 aromatic carbocycles. The van der Waals surface area contributed by atoms with Crippen molar-refractivity contribution in [3.63, 3.8) is 0 Å². The van der Waals surface area contributed by atoms with Gasteiger partial charge in [0.2, 0.25) is 0 Å². The van der Waals surface area contributed by atoms with Gasteiger partial charge in [-0.3, -0.25) is 0 Å². The third-order valence-electron chi connectivity index (χ3n) is 3.01. The van der Waals surface area contributed by atoms with Crippen LogP contribution >= 0.6 is 0 Å². The average Bonchev–Trinajstić information content (AvgIpc) is 2.59. The summed E-state index contributed by atoms with van der Waals surface area (Å²) in [4.78, 5) is 0. The molecule has 2 aromatic rings. The number of nitrogens with zero attached hydrogens (tertiary/aromatic N) is 1. The summed E-state index contributed by atoms with van der Waals surface area (Å²) >= 11 is 0. The predicted octanol–water partition coefficient (Wildman–Crippen LogP) is 2.77. The summed E-state index contributed by atoms with van der Waals surface area (Å²) < 4.78 is 28.5. The predicted molar refractivity (Wildman–Crippen MR) is 61.4 cm³/mol. The molecule has 4 heteroatoms. The molecule has 0 saturated heterocycles. The van der Waals surface area contributed by atoms with Gasteiger partial charge in [-0.15, -0.1) is 0 Å². The molecular weight excluding hydrogens is 224 g/mol. The molecule has 2 rings (SSSR count). The normalized spacial score (nSPS) is 10.9. The molecule has 0 aliphatic rings. The van der Waals surface area contributed by atoms with Crippen LogP contribution in [-0.4, -0.2) is 9.67 Å². The van der Waals surface area contributed by atoms with Gasteiger partial charge < -0.3 is 9.67 Å². The highest BCUT2D eigenvalue weighted by Crippen LogP contribution is 2.27. The van der Waals surface area contributed by atoms with E-state index < -0.39 is 11.6 Å². The van der Waals surface area contributed by atoms with Gasteiger partial charge >= 0.3 is 0 Å². The van der Waals surface area contributed by atoms with E-state index in [2.05, 4.69) is 0 Å². The van der Waals surface area contributed by atoms with E-state index in [0.717, 1.165) is 23.9 Å². The van der Waals surface area contributed by atoms with Gasteiger partial charge in [-0.2, -0.15) is 0 Å². The Bertz CT molecular complexity index is 561. The molecule has 1 heterocycles. The minimum Gasteiger partial charge on any atom is -0.392 e. The van der Waals surface area contributed by atoms with E-state index in [4.69, 9.17) is 5.11 Å². The Morgan fingerprint density at radius 2 is 1.94 bits per heavy atom. The highest BCUT2D eigenvalue weighted by molar-refractivity contribution is 5.63. The molecule has 0 spiro atoms. The van der Waals surface area contributed by atoms with Gasteiger partial charge in [0.15, 0.2) is 0 Å². The van der Waals surface area contributed by atoms with E-state index >= 15 is 0 Å². The van der Waals surface area contributed by atoms with Crippen molar-refractivity contribution in [1.29, 1.82) is 0 Å². The maximum absolute atomic E-state index is 13.6. The number of hydrogen-bond donors (Lipinski definition) is 1. The summed E-state index contributed by atoms with van der Waals surface area (Å²) in [5.41, 5.74) is 2.32. The molecule has 0 saturated carbocycles. The Labute approximate surface area is 98.1 Å². The Morgan fingerprint density at radius 3 is 2.53 bits per heavy atom. The van der Waals surface area contributed by atoms with Crippen molar-refractivity contribution in [3.8, 4) is 11.3 Å². The van der Waals surface area contributed by atoms with E-state index in [0.29, 0.717) is 11.3 Å². The summed E-state index contributed by atoms with van der Waals surface area (Å²) in [6.45, 7) is 1.71. The molecule has 17 heavy (non-hydrogen) atoms. The van der Waals surface area contributed by atoms with Crippen LogP contribution in [0.2, 0.25) is 0 Å². The topological polar surface area (TPSA) is 25.2 Å². The lowest BCUT2D eigenvalue weighted by Crippen LogP contribution is -1.97. The van der Waals surface area contributed by atoms with Crippen molar-refractivity contribution in [2.24, 2.45) is 7.05 Å². The fourth-order valence-corrected chi connectivity index (χ4v) is 1.87. The maximum atomic E-state index is 13.6. The van der Waals surface area contributed by atoms with Gasteiger partial charge in [-0.05, 0) is 36.8 Å². The molecule has 1 aromatic heterocycles. The van der Waals surface area contributed by atoms with Crippen LogP contribution in [0.5, 0.6) is 0 Å². The van der Waals surface area contributed by atoms with Crippen LogP contribution in [0.1, 0.15) is 11.3 Å². The average molecular weight is 237 g/mol. The first-order chi connectivity index (χ1) is 8.04. The maximum Gasteiger partial charge on any atom is 0.132 e. The molecule has 1 N–H and O–H groups in total. The lowest BCUT2D eigenvalue weighted by atomic mass is 10.1. The zero-order chi connectivity index (χ0) is 12.6. The van der Waals surface area contributed by atoms with Crippen molar-refractivity contribution in [1.82, 2.24) is 4.57 Å². The molecule has 0 bridgehead atoms. The standard InChI is InChI=1S/C13H13F2NO/c1-8-9(7-17)5-13(16(8)2)11-6-10(14)3-4-12(11)15/h3-6,17H,7H2,1-2H3. The van der Waals surface area contributed by atoms with E-state index in [1.54, 1.807) is 17.7 Å². The molecular formula is C13H13F2NO. The first-order valence-corrected chi connectivity index (χ1v) is 5.26. The summed E-state index contributed by atoms with van der Waals surface area (Å²) in [6, 6.07) is 5.02. The van der Waals surface area contributed by atoms with Crippen molar-refractivity contribution in [2.75, 3.05) is 0 Å². The Hall–Kier alpha value is -1.68. The third kappa shape index (κ3) is 1.96. The molecule has 0 fully saturated rings. The van der Waals surface area contributed by atoms with Crippen molar-refractivity contribution in [2.45, 2.75) is 13.5 Å². The first-order valence-electron chi connectivity index (χ1n) is 5.26. The van der Waals surface area contributed by atoms with E-state index in [9.17, 15) is 8.78 Å². The Morgan fingerprint density at radius 1 is 1.24 bits per heavy atom. The van der Waals surface area contributed by atoms with E-state index in [1.807, 2.05) is 6.92 Å². The fourth-order valence-electron chi connectivity index (χ4n) is 1.87. The van der Waals surface area contributed by atoms with Crippen LogP contribution in [0.3, 0.4) is 0 Å². The monoisotopic (exact) mass is 237 g/mol. The van der Waals surface area contributed by atoms with Crippen LogP contribution in [0.25, 0.3) is 11.3 Å². The number of aromatic nitrogens is 1. The quantitative estimate of drug-likeness (QED) is 0.853. The fraction of sp³-hybridized carbons (Fsp3) is 0.231. The second-order valence-electron chi connectivity index (χ2n) is 3.98. The van der Waals surface area contributed by atoms with Crippen LogP contribution < -0.4 is 0 Å².